The van der Waals surface area contributed by atoms with E-state index in [2.05, 4.69) is 41.1 Å². The maximum atomic E-state index is 12.7. The van der Waals surface area contributed by atoms with Crippen LogP contribution in [-0.4, -0.2) is 33.9 Å². The Kier molecular flexibility index (Phi) is 5.29. The van der Waals surface area contributed by atoms with Crippen LogP contribution in [-0.2, 0) is 11.3 Å². The zero-order chi connectivity index (χ0) is 18.6. The number of benzene rings is 1. The average molecular weight is 426 g/mol. The molecule has 1 aliphatic heterocycles. The maximum absolute atomic E-state index is 12.7. The van der Waals surface area contributed by atoms with Gasteiger partial charge in [-0.3, -0.25) is 9.78 Å². The van der Waals surface area contributed by atoms with Crippen LogP contribution in [0, 0.1) is 5.92 Å². The Bertz CT molecular complexity index is 964. The Morgan fingerprint density at radius 1 is 1.22 bits per heavy atom. The lowest BCUT2D eigenvalue weighted by Gasteiger charge is -2.33. The van der Waals surface area contributed by atoms with Gasteiger partial charge in [-0.15, -0.1) is 0 Å². The predicted molar refractivity (Wildman–Crippen MR) is 108 cm³/mol. The summed E-state index contributed by atoms with van der Waals surface area (Å²) in [6, 6.07) is 9.99. The number of piperidine rings is 1. The minimum Gasteiger partial charge on any atom is -0.369 e. The zero-order valence-corrected chi connectivity index (χ0v) is 16.4. The third-order valence-electron chi connectivity index (χ3n) is 4.82. The summed E-state index contributed by atoms with van der Waals surface area (Å²) in [7, 11) is 0. The van der Waals surface area contributed by atoms with Crippen LogP contribution in [0.5, 0.6) is 0 Å². The van der Waals surface area contributed by atoms with Crippen molar-refractivity contribution in [3.05, 3.63) is 59.0 Å². The predicted octanol–water partition coefficient (Wildman–Crippen LogP) is 3.32. The molecular formula is C20H20BrN5O. The normalized spacial score (nSPS) is 17.1. The Labute approximate surface area is 166 Å². The molecule has 0 unspecified atom stereocenters. The summed E-state index contributed by atoms with van der Waals surface area (Å²) in [6.07, 6.45) is 7.01. The van der Waals surface area contributed by atoms with Gasteiger partial charge < -0.3 is 10.2 Å². The summed E-state index contributed by atoms with van der Waals surface area (Å²) in [4.78, 5) is 27.8. The molecule has 138 valence electrons. The van der Waals surface area contributed by atoms with Crippen LogP contribution >= 0.6 is 15.9 Å². The number of fused-ring (bicyclic) bond motifs is 1. The van der Waals surface area contributed by atoms with Gasteiger partial charge in [0.25, 0.3) is 0 Å². The van der Waals surface area contributed by atoms with Gasteiger partial charge in [-0.2, -0.15) is 0 Å². The molecule has 0 spiro atoms. The highest BCUT2D eigenvalue weighted by atomic mass is 79.9. The minimum absolute atomic E-state index is 0.0246. The van der Waals surface area contributed by atoms with Gasteiger partial charge in [-0.25, -0.2) is 9.97 Å². The molecule has 4 rings (SSSR count). The lowest BCUT2D eigenvalue weighted by atomic mass is 9.96. The smallest absolute Gasteiger partial charge is 0.225 e. The third kappa shape index (κ3) is 4.24. The van der Waals surface area contributed by atoms with Crippen LogP contribution in [0.2, 0.25) is 0 Å². The summed E-state index contributed by atoms with van der Waals surface area (Å²) in [5.41, 5.74) is 3.49. The molecule has 1 N–H and O–H groups in total. The number of amides is 1. The van der Waals surface area contributed by atoms with E-state index in [0.717, 1.165) is 40.6 Å². The second-order valence-electron chi connectivity index (χ2n) is 6.73. The van der Waals surface area contributed by atoms with Gasteiger partial charge in [-0.1, -0.05) is 28.1 Å². The summed E-state index contributed by atoms with van der Waals surface area (Å²) >= 11 is 3.46. The monoisotopic (exact) mass is 425 g/mol. The molecule has 3 heterocycles. The standard InChI is InChI=1S/C20H20BrN5O/c21-16-5-1-3-14(9-16)11-25-20(27)15-4-2-8-26(13-15)17-10-18-19(24-12-17)23-7-6-22-18/h1,3,5-7,9-10,12,15H,2,4,8,11,13H2,(H,25,27)/t15-/m1/s1. The van der Waals surface area contributed by atoms with E-state index < -0.39 is 0 Å². The Hall–Kier alpha value is -2.54. The lowest BCUT2D eigenvalue weighted by Crippen LogP contribution is -2.43. The molecular weight excluding hydrogens is 406 g/mol. The van der Waals surface area contributed by atoms with E-state index in [4.69, 9.17) is 0 Å². The molecule has 1 aliphatic rings. The van der Waals surface area contributed by atoms with Gasteiger partial charge in [0.05, 0.1) is 17.8 Å². The highest BCUT2D eigenvalue weighted by Gasteiger charge is 2.26. The van der Waals surface area contributed by atoms with E-state index in [1.165, 1.54) is 0 Å². The molecule has 7 heteroatoms. The number of nitrogens with zero attached hydrogens (tertiary/aromatic N) is 4. The van der Waals surface area contributed by atoms with Crippen LogP contribution in [0.3, 0.4) is 0 Å². The number of pyridine rings is 1. The van der Waals surface area contributed by atoms with Crippen molar-refractivity contribution in [1.29, 1.82) is 0 Å². The fourth-order valence-corrected chi connectivity index (χ4v) is 3.87. The first-order chi connectivity index (χ1) is 13.2. The number of rotatable bonds is 4. The maximum Gasteiger partial charge on any atom is 0.225 e. The van der Waals surface area contributed by atoms with Crippen LogP contribution in [0.25, 0.3) is 11.2 Å². The SMILES string of the molecule is O=C(NCc1cccc(Br)c1)[C@@H]1CCCN(c2cnc3nccnc3c2)C1. The second-order valence-corrected chi connectivity index (χ2v) is 7.64. The van der Waals surface area contributed by atoms with E-state index in [1.807, 2.05) is 36.5 Å². The molecule has 0 aliphatic carbocycles. The molecule has 1 fully saturated rings. The van der Waals surface area contributed by atoms with E-state index in [0.29, 0.717) is 18.7 Å². The number of anilines is 1. The average Bonchev–Trinajstić information content (AvgIpc) is 2.72. The fourth-order valence-electron chi connectivity index (χ4n) is 3.43. The van der Waals surface area contributed by atoms with Crippen LogP contribution < -0.4 is 10.2 Å². The quantitative estimate of drug-likeness (QED) is 0.693. The number of hydrogen-bond donors (Lipinski definition) is 1. The Morgan fingerprint density at radius 2 is 2.11 bits per heavy atom. The molecule has 0 bridgehead atoms. The molecule has 0 radical (unpaired) electrons. The highest BCUT2D eigenvalue weighted by molar-refractivity contribution is 9.10. The van der Waals surface area contributed by atoms with Gasteiger partial charge in [0.1, 0.15) is 5.52 Å². The van der Waals surface area contributed by atoms with Crippen molar-refractivity contribution in [3.8, 4) is 0 Å². The van der Waals surface area contributed by atoms with E-state index in [1.54, 1.807) is 12.4 Å². The number of nitrogens with one attached hydrogen (secondary N) is 1. The van der Waals surface area contributed by atoms with Crippen molar-refractivity contribution in [2.75, 3.05) is 18.0 Å². The summed E-state index contributed by atoms with van der Waals surface area (Å²) in [5, 5.41) is 3.07. The Balaban J connectivity index is 1.41. The summed E-state index contributed by atoms with van der Waals surface area (Å²) < 4.78 is 1.02. The second kappa shape index (κ2) is 8.00. The first kappa shape index (κ1) is 17.9. The van der Waals surface area contributed by atoms with Crippen LogP contribution in [0.15, 0.2) is 53.4 Å². The van der Waals surface area contributed by atoms with E-state index >= 15 is 0 Å². The van der Waals surface area contributed by atoms with Gasteiger partial charge in [0, 0.05) is 36.5 Å². The van der Waals surface area contributed by atoms with Crippen molar-refractivity contribution < 1.29 is 4.79 Å². The van der Waals surface area contributed by atoms with Crippen molar-refractivity contribution in [1.82, 2.24) is 20.3 Å². The number of halogens is 1. The van der Waals surface area contributed by atoms with Crippen molar-refractivity contribution in [2.45, 2.75) is 19.4 Å². The molecule has 1 aromatic carbocycles. The molecule has 1 atom stereocenters. The van der Waals surface area contributed by atoms with Gasteiger partial charge in [-0.05, 0) is 36.6 Å². The first-order valence-corrected chi connectivity index (χ1v) is 9.82. The van der Waals surface area contributed by atoms with Gasteiger partial charge in [0.2, 0.25) is 5.91 Å². The number of carbonyl (C=O) groups excluding carboxylic acids is 1. The minimum atomic E-state index is -0.0246. The number of carbonyl (C=O) groups is 1. The van der Waals surface area contributed by atoms with Crippen molar-refractivity contribution >= 4 is 38.7 Å². The topological polar surface area (TPSA) is 71.0 Å². The van der Waals surface area contributed by atoms with Gasteiger partial charge in [0.15, 0.2) is 5.65 Å². The summed E-state index contributed by atoms with van der Waals surface area (Å²) in [5.74, 6) is 0.0803. The van der Waals surface area contributed by atoms with Crippen molar-refractivity contribution in [2.24, 2.45) is 5.92 Å². The van der Waals surface area contributed by atoms with Crippen LogP contribution in [0.1, 0.15) is 18.4 Å². The molecule has 0 saturated carbocycles. The van der Waals surface area contributed by atoms with E-state index in [-0.39, 0.29) is 11.8 Å². The molecule has 3 aromatic rings. The zero-order valence-electron chi connectivity index (χ0n) is 14.8. The molecule has 1 saturated heterocycles. The fraction of sp³-hybridized carbons (Fsp3) is 0.300. The lowest BCUT2D eigenvalue weighted by molar-refractivity contribution is -0.125. The first-order valence-electron chi connectivity index (χ1n) is 9.03. The molecule has 27 heavy (non-hydrogen) atoms. The van der Waals surface area contributed by atoms with Crippen molar-refractivity contribution in [3.63, 3.8) is 0 Å². The highest BCUT2D eigenvalue weighted by Crippen LogP contribution is 2.24. The molecule has 2 aromatic heterocycles. The van der Waals surface area contributed by atoms with Crippen LogP contribution in [0.4, 0.5) is 5.69 Å². The number of hydrogen-bond acceptors (Lipinski definition) is 5. The summed E-state index contributed by atoms with van der Waals surface area (Å²) in [6.45, 7) is 2.16. The Morgan fingerprint density at radius 3 is 3.00 bits per heavy atom. The molecule has 1 amide bonds. The largest absolute Gasteiger partial charge is 0.369 e. The van der Waals surface area contributed by atoms with Gasteiger partial charge >= 0.3 is 0 Å². The number of aromatic nitrogens is 3. The molecule has 6 nitrogen and oxygen atoms in total. The third-order valence-corrected chi connectivity index (χ3v) is 5.32. The van der Waals surface area contributed by atoms with E-state index in [9.17, 15) is 4.79 Å².